The smallest absolute Gasteiger partial charge is 0.129 e. The molecule has 0 aliphatic carbocycles. The Hall–Kier alpha value is -2.34. The third-order valence-electron chi connectivity index (χ3n) is 3.44. The van der Waals surface area contributed by atoms with E-state index in [1.807, 2.05) is 18.2 Å². The van der Waals surface area contributed by atoms with E-state index in [2.05, 4.69) is 24.4 Å². The van der Waals surface area contributed by atoms with Crippen molar-refractivity contribution in [2.75, 3.05) is 5.32 Å². The number of nitriles is 1. The average Bonchev–Trinajstić information content (AvgIpc) is 2.48. The third-order valence-corrected chi connectivity index (χ3v) is 3.44. The Morgan fingerprint density at radius 1 is 1.20 bits per heavy atom. The van der Waals surface area contributed by atoms with Crippen molar-refractivity contribution in [3.8, 4) is 6.07 Å². The minimum atomic E-state index is -0.352. The van der Waals surface area contributed by atoms with Gasteiger partial charge in [-0.25, -0.2) is 4.39 Å². The fourth-order valence-electron chi connectivity index (χ4n) is 2.19. The molecule has 0 saturated carbocycles. The van der Waals surface area contributed by atoms with Gasteiger partial charge in [-0.3, -0.25) is 0 Å². The largest absolute Gasteiger partial charge is 0.381 e. The zero-order valence-corrected chi connectivity index (χ0v) is 11.7. The summed E-state index contributed by atoms with van der Waals surface area (Å²) >= 11 is 0. The van der Waals surface area contributed by atoms with Crippen LogP contribution in [0.15, 0.2) is 36.4 Å². The lowest BCUT2D eigenvalue weighted by Gasteiger charge is -2.13. The van der Waals surface area contributed by atoms with Crippen LogP contribution in [-0.2, 0) is 13.0 Å². The van der Waals surface area contributed by atoms with Gasteiger partial charge in [-0.1, -0.05) is 31.2 Å². The summed E-state index contributed by atoms with van der Waals surface area (Å²) in [5, 5.41) is 12.1. The topological polar surface area (TPSA) is 35.8 Å². The SMILES string of the molecule is CCc1ccccc1CNc1cc(C#N)cc(F)c1C. The van der Waals surface area contributed by atoms with Crippen LogP contribution in [0, 0.1) is 24.1 Å². The van der Waals surface area contributed by atoms with E-state index in [0.717, 1.165) is 6.42 Å². The number of benzene rings is 2. The Kier molecular flexibility index (Phi) is 4.37. The monoisotopic (exact) mass is 268 g/mol. The van der Waals surface area contributed by atoms with Gasteiger partial charge in [0, 0.05) is 17.8 Å². The first kappa shape index (κ1) is 14.1. The fraction of sp³-hybridized carbons (Fsp3) is 0.235. The zero-order valence-electron chi connectivity index (χ0n) is 11.7. The molecule has 2 rings (SSSR count). The molecule has 0 bridgehead atoms. The summed E-state index contributed by atoms with van der Waals surface area (Å²) in [7, 11) is 0. The van der Waals surface area contributed by atoms with Crippen molar-refractivity contribution in [1.82, 2.24) is 0 Å². The molecule has 0 atom stereocenters. The minimum absolute atomic E-state index is 0.333. The molecule has 0 saturated heterocycles. The Labute approximate surface area is 118 Å². The molecule has 2 aromatic carbocycles. The molecule has 0 aromatic heterocycles. The summed E-state index contributed by atoms with van der Waals surface area (Å²) in [6.45, 7) is 4.45. The molecule has 20 heavy (non-hydrogen) atoms. The van der Waals surface area contributed by atoms with E-state index in [0.29, 0.717) is 23.4 Å². The second-order valence-electron chi connectivity index (χ2n) is 4.72. The average molecular weight is 268 g/mol. The third kappa shape index (κ3) is 2.97. The molecule has 3 heteroatoms. The second-order valence-corrected chi connectivity index (χ2v) is 4.72. The summed E-state index contributed by atoms with van der Waals surface area (Å²) in [4.78, 5) is 0. The molecule has 2 aromatic rings. The van der Waals surface area contributed by atoms with Gasteiger partial charge in [0.25, 0.3) is 0 Å². The number of aryl methyl sites for hydroxylation is 1. The molecule has 0 heterocycles. The quantitative estimate of drug-likeness (QED) is 0.903. The van der Waals surface area contributed by atoms with Crippen LogP contribution in [0.25, 0.3) is 0 Å². The van der Waals surface area contributed by atoms with Crippen LogP contribution in [-0.4, -0.2) is 0 Å². The standard InChI is InChI=1S/C17H17FN2/c1-3-14-6-4-5-7-15(14)11-20-17-9-13(10-19)8-16(18)12(17)2/h4-9,20H,3,11H2,1-2H3. The second kappa shape index (κ2) is 6.21. The number of nitrogens with zero attached hydrogens (tertiary/aromatic N) is 1. The molecule has 0 spiro atoms. The maximum atomic E-state index is 13.7. The normalized spacial score (nSPS) is 10.1. The molecule has 102 valence electrons. The lowest BCUT2D eigenvalue weighted by Crippen LogP contribution is -2.05. The maximum Gasteiger partial charge on any atom is 0.129 e. The van der Waals surface area contributed by atoms with Crippen molar-refractivity contribution in [3.63, 3.8) is 0 Å². The first-order valence-corrected chi connectivity index (χ1v) is 6.66. The molecule has 0 unspecified atom stereocenters. The first-order chi connectivity index (χ1) is 9.65. The van der Waals surface area contributed by atoms with E-state index >= 15 is 0 Å². The number of nitrogens with one attached hydrogen (secondary N) is 1. The fourth-order valence-corrected chi connectivity index (χ4v) is 2.19. The summed E-state index contributed by atoms with van der Waals surface area (Å²) in [6, 6.07) is 13.1. The van der Waals surface area contributed by atoms with E-state index < -0.39 is 0 Å². The van der Waals surface area contributed by atoms with Crippen molar-refractivity contribution in [2.24, 2.45) is 0 Å². The van der Waals surface area contributed by atoms with Gasteiger partial charge in [-0.2, -0.15) is 5.26 Å². The molecule has 0 fully saturated rings. The highest BCUT2D eigenvalue weighted by Crippen LogP contribution is 2.21. The first-order valence-electron chi connectivity index (χ1n) is 6.66. The Morgan fingerprint density at radius 3 is 2.55 bits per heavy atom. The van der Waals surface area contributed by atoms with Gasteiger partial charge < -0.3 is 5.32 Å². The molecule has 0 amide bonds. The molecule has 0 aliphatic rings. The van der Waals surface area contributed by atoms with E-state index in [-0.39, 0.29) is 5.82 Å². The molecule has 0 aliphatic heterocycles. The van der Waals surface area contributed by atoms with Crippen molar-refractivity contribution >= 4 is 5.69 Å². The predicted molar refractivity (Wildman–Crippen MR) is 79.0 cm³/mol. The number of anilines is 1. The molecule has 2 nitrogen and oxygen atoms in total. The highest BCUT2D eigenvalue weighted by Gasteiger charge is 2.07. The minimum Gasteiger partial charge on any atom is -0.381 e. The number of hydrogen-bond donors (Lipinski definition) is 1. The van der Waals surface area contributed by atoms with E-state index in [1.54, 1.807) is 13.0 Å². The lowest BCUT2D eigenvalue weighted by atomic mass is 10.0. The van der Waals surface area contributed by atoms with Gasteiger partial charge in [0.1, 0.15) is 5.82 Å². The van der Waals surface area contributed by atoms with Crippen molar-refractivity contribution < 1.29 is 4.39 Å². The number of hydrogen-bond acceptors (Lipinski definition) is 2. The van der Waals surface area contributed by atoms with Crippen molar-refractivity contribution in [1.29, 1.82) is 5.26 Å². The highest BCUT2D eigenvalue weighted by atomic mass is 19.1. The molecular formula is C17H17FN2. The Bertz CT molecular complexity index is 657. The zero-order chi connectivity index (χ0) is 14.5. The van der Waals surface area contributed by atoms with Gasteiger partial charge in [0.05, 0.1) is 11.6 Å². The van der Waals surface area contributed by atoms with Crippen LogP contribution in [0.3, 0.4) is 0 Å². The van der Waals surface area contributed by atoms with E-state index in [4.69, 9.17) is 5.26 Å². The van der Waals surface area contributed by atoms with Gasteiger partial charge in [0.15, 0.2) is 0 Å². The van der Waals surface area contributed by atoms with E-state index in [1.165, 1.54) is 17.2 Å². The van der Waals surface area contributed by atoms with E-state index in [9.17, 15) is 4.39 Å². The van der Waals surface area contributed by atoms with Crippen LogP contribution in [0.2, 0.25) is 0 Å². The Balaban J connectivity index is 2.23. The molecule has 1 N–H and O–H groups in total. The van der Waals surface area contributed by atoms with Gasteiger partial charge in [0.2, 0.25) is 0 Å². The number of halogens is 1. The van der Waals surface area contributed by atoms with Gasteiger partial charge in [-0.15, -0.1) is 0 Å². The highest BCUT2D eigenvalue weighted by molar-refractivity contribution is 5.56. The number of rotatable bonds is 4. The maximum absolute atomic E-state index is 13.7. The van der Waals surface area contributed by atoms with Crippen molar-refractivity contribution in [2.45, 2.75) is 26.8 Å². The summed E-state index contributed by atoms with van der Waals surface area (Å²) < 4.78 is 13.7. The molecule has 0 radical (unpaired) electrons. The lowest BCUT2D eigenvalue weighted by molar-refractivity contribution is 0.618. The van der Waals surface area contributed by atoms with Crippen LogP contribution in [0.1, 0.15) is 29.2 Å². The van der Waals surface area contributed by atoms with Crippen LogP contribution in [0.4, 0.5) is 10.1 Å². The van der Waals surface area contributed by atoms with Crippen LogP contribution >= 0.6 is 0 Å². The van der Waals surface area contributed by atoms with Crippen LogP contribution < -0.4 is 5.32 Å². The van der Waals surface area contributed by atoms with Gasteiger partial charge >= 0.3 is 0 Å². The summed E-state index contributed by atoms with van der Waals surface area (Å²) in [5.74, 6) is -0.352. The summed E-state index contributed by atoms with van der Waals surface area (Å²) in [6.07, 6.45) is 0.962. The molecular weight excluding hydrogens is 251 g/mol. The van der Waals surface area contributed by atoms with Crippen molar-refractivity contribution in [3.05, 3.63) is 64.5 Å². The van der Waals surface area contributed by atoms with Crippen LogP contribution in [0.5, 0.6) is 0 Å². The van der Waals surface area contributed by atoms with Gasteiger partial charge in [-0.05, 0) is 36.6 Å². The Morgan fingerprint density at radius 2 is 1.90 bits per heavy atom. The summed E-state index contributed by atoms with van der Waals surface area (Å²) in [5.41, 5.74) is 4.01. The predicted octanol–water partition coefficient (Wildman–Crippen LogP) is 4.18.